The predicted octanol–water partition coefficient (Wildman–Crippen LogP) is 4.90. The third-order valence-corrected chi connectivity index (χ3v) is 3.68. The summed E-state index contributed by atoms with van der Waals surface area (Å²) in [5.41, 5.74) is 2.21. The first kappa shape index (κ1) is 18.9. The Balaban J connectivity index is 1.95. The predicted molar refractivity (Wildman–Crippen MR) is 98.2 cm³/mol. The van der Waals surface area contributed by atoms with Gasteiger partial charge in [-0.25, -0.2) is 4.39 Å². The molecule has 0 aliphatic carbocycles. The third kappa shape index (κ3) is 6.16. The zero-order valence-electron chi connectivity index (χ0n) is 14.4. The first-order chi connectivity index (χ1) is 12.2. The minimum atomic E-state index is -0.357. The molecule has 0 aliphatic heterocycles. The summed E-state index contributed by atoms with van der Waals surface area (Å²) in [6.45, 7) is 3.99. The fraction of sp³-hybridized carbons (Fsp3) is 0.286. The molecule has 0 saturated carbocycles. The van der Waals surface area contributed by atoms with Crippen LogP contribution in [-0.4, -0.2) is 26.1 Å². The fourth-order valence-corrected chi connectivity index (χ4v) is 2.30. The maximum Gasteiger partial charge on any atom is 0.142 e. The quantitative estimate of drug-likeness (QED) is 0.350. The van der Waals surface area contributed by atoms with Crippen LogP contribution >= 0.6 is 0 Å². The van der Waals surface area contributed by atoms with E-state index >= 15 is 0 Å². The van der Waals surface area contributed by atoms with Gasteiger partial charge in [-0.15, -0.1) is 0 Å². The molecule has 3 nitrogen and oxygen atoms in total. The fourth-order valence-electron chi connectivity index (χ4n) is 2.30. The number of halogens is 1. The molecule has 0 fully saturated rings. The number of unbranched alkanes of at least 4 members (excludes halogenated alkanes) is 1. The number of rotatable bonds is 10. The molecule has 132 valence electrons. The van der Waals surface area contributed by atoms with Gasteiger partial charge in [0.15, 0.2) is 0 Å². The van der Waals surface area contributed by atoms with Crippen LogP contribution in [0.25, 0.3) is 17.2 Å². The van der Waals surface area contributed by atoms with Crippen molar-refractivity contribution < 1.29 is 18.7 Å². The van der Waals surface area contributed by atoms with E-state index in [-0.39, 0.29) is 5.82 Å². The SMILES string of the molecule is CCCCOCCOc1ccc(-c2ccc(F)c(/C=C/C=O)c2)cc1. The second-order valence-corrected chi connectivity index (χ2v) is 5.57. The normalized spacial score (nSPS) is 11.0. The van der Waals surface area contributed by atoms with E-state index < -0.39 is 0 Å². The molecule has 0 radical (unpaired) electrons. The minimum Gasteiger partial charge on any atom is -0.491 e. The average Bonchev–Trinajstić information content (AvgIpc) is 2.64. The van der Waals surface area contributed by atoms with E-state index in [4.69, 9.17) is 9.47 Å². The van der Waals surface area contributed by atoms with Gasteiger partial charge in [0.1, 0.15) is 24.5 Å². The summed E-state index contributed by atoms with van der Waals surface area (Å²) in [6, 6.07) is 12.4. The molecule has 0 bridgehead atoms. The van der Waals surface area contributed by atoms with E-state index in [2.05, 4.69) is 6.92 Å². The van der Waals surface area contributed by atoms with Gasteiger partial charge in [-0.2, -0.15) is 0 Å². The largest absolute Gasteiger partial charge is 0.491 e. The summed E-state index contributed by atoms with van der Waals surface area (Å²) in [5, 5.41) is 0. The minimum absolute atomic E-state index is 0.357. The molecular weight excluding hydrogens is 319 g/mol. The highest BCUT2D eigenvalue weighted by Crippen LogP contribution is 2.25. The third-order valence-electron chi connectivity index (χ3n) is 3.68. The Morgan fingerprint density at radius 2 is 1.76 bits per heavy atom. The van der Waals surface area contributed by atoms with Crippen LogP contribution in [0.2, 0.25) is 0 Å². The number of aldehydes is 1. The van der Waals surface area contributed by atoms with Gasteiger partial charge in [-0.1, -0.05) is 31.5 Å². The standard InChI is InChI=1S/C21H23FO3/c1-2-3-13-24-14-15-25-20-9-6-17(7-10-20)18-8-11-21(22)19(16-18)5-4-12-23/h4-12,16H,2-3,13-15H2,1H3/b5-4+. The van der Waals surface area contributed by atoms with Crippen molar-refractivity contribution in [1.82, 2.24) is 0 Å². The van der Waals surface area contributed by atoms with Crippen molar-refractivity contribution in [2.24, 2.45) is 0 Å². The molecule has 0 aliphatic rings. The van der Waals surface area contributed by atoms with E-state index in [0.29, 0.717) is 25.1 Å². The van der Waals surface area contributed by atoms with Gasteiger partial charge in [0.25, 0.3) is 0 Å². The van der Waals surface area contributed by atoms with Gasteiger partial charge in [0, 0.05) is 12.2 Å². The van der Waals surface area contributed by atoms with E-state index in [0.717, 1.165) is 36.3 Å². The number of allylic oxidation sites excluding steroid dienone is 1. The Bertz CT molecular complexity index is 693. The summed E-state index contributed by atoms with van der Waals surface area (Å²) in [4.78, 5) is 10.4. The van der Waals surface area contributed by atoms with Crippen LogP contribution in [0, 0.1) is 5.82 Å². The lowest BCUT2D eigenvalue weighted by molar-refractivity contribution is -0.104. The molecule has 0 aromatic heterocycles. The highest BCUT2D eigenvalue weighted by molar-refractivity contribution is 5.76. The van der Waals surface area contributed by atoms with Crippen LogP contribution in [-0.2, 0) is 9.53 Å². The average molecular weight is 342 g/mol. The lowest BCUT2D eigenvalue weighted by Crippen LogP contribution is -2.07. The van der Waals surface area contributed by atoms with Crippen molar-refractivity contribution in [2.75, 3.05) is 19.8 Å². The van der Waals surface area contributed by atoms with Gasteiger partial charge < -0.3 is 9.47 Å². The smallest absolute Gasteiger partial charge is 0.142 e. The lowest BCUT2D eigenvalue weighted by Gasteiger charge is -2.09. The Hall–Kier alpha value is -2.46. The summed E-state index contributed by atoms with van der Waals surface area (Å²) in [7, 11) is 0. The van der Waals surface area contributed by atoms with Crippen LogP contribution in [0.4, 0.5) is 4.39 Å². The molecule has 0 spiro atoms. The Morgan fingerprint density at radius 3 is 2.48 bits per heavy atom. The molecule has 2 aromatic carbocycles. The van der Waals surface area contributed by atoms with Gasteiger partial charge in [0.2, 0.25) is 0 Å². The number of carbonyl (C=O) groups is 1. The number of ether oxygens (including phenoxy) is 2. The molecule has 0 saturated heterocycles. The molecule has 0 atom stereocenters. The summed E-state index contributed by atoms with van der Waals surface area (Å²) in [5.74, 6) is 0.413. The number of carbonyl (C=O) groups excluding carboxylic acids is 1. The molecular formula is C21H23FO3. The molecule has 4 heteroatoms. The topological polar surface area (TPSA) is 35.5 Å². The molecule has 0 unspecified atom stereocenters. The van der Waals surface area contributed by atoms with E-state index in [1.807, 2.05) is 24.3 Å². The van der Waals surface area contributed by atoms with E-state index in [1.54, 1.807) is 12.1 Å². The van der Waals surface area contributed by atoms with Crippen LogP contribution in [0.3, 0.4) is 0 Å². The molecule has 2 rings (SSSR count). The van der Waals surface area contributed by atoms with Crippen LogP contribution in [0.1, 0.15) is 25.3 Å². The molecule has 2 aromatic rings. The van der Waals surface area contributed by atoms with Crippen LogP contribution in [0.15, 0.2) is 48.5 Å². The van der Waals surface area contributed by atoms with Crippen molar-refractivity contribution in [3.63, 3.8) is 0 Å². The number of hydrogen-bond donors (Lipinski definition) is 0. The maximum atomic E-state index is 13.7. The second-order valence-electron chi connectivity index (χ2n) is 5.57. The Labute approximate surface area is 148 Å². The highest BCUT2D eigenvalue weighted by Gasteiger charge is 2.04. The van der Waals surface area contributed by atoms with Gasteiger partial charge in [0.05, 0.1) is 6.61 Å². The van der Waals surface area contributed by atoms with Crippen molar-refractivity contribution in [3.8, 4) is 16.9 Å². The van der Waals surface area contributed by atoms with Crippen molar-refractivity contribution in [2.45, 2.75) is 19.8 Å². The van der Waals surface area contributed by atoms with Crippen molar-refractivity contribution in [1.29, 1.82) is 0 Å². The summed E-state index contributed by atoms with van der Waals surface area (Å²) in [6.07, 6.45) is 5.56. The van der Waals surface area contributed by atoms with Gasteiger partial charge in [-0.05, 0) is 54.0 Å². The molecule has 25 heavy (non-hydrogen) atoms. The highest BCUT2D eigenvalue weighted by atomic mass is 19.1. The van der Waals surface area contributed by atoms with Gasteiger partial charge >= 0.3 is 0 Å². The Kier molecular flexibility index (Phi) is 7.86. The van der Waals surface area contributed by atoms with Crippen LogP contribution in [0.5, 0.6) is 5.75 Å². The number of hydrogen-bond acceptors (Lipinski definition) is 3. The second kappa shape index (κ2) is 10.4. The first-order valence-corrected chi connectivity index (χ1v) is 8.47. The van der Waals surface area contributed by atoms with Crippen molar-refractivity contribution >= 4 is 12.4 Å². The molecule has 0 amide bonds. The molecule has 0 N–H and O–H groups in total. The first-order valence-electron chi connectivity index (χ1n) is 8.47. The Morgan fingerprint density at radius 1 is 1.00 bits per heavy atom. The summed E-state index contributed by atoms with van der Waals surface area (Å²) >= 11 is 0. The lowest BCUT2D eigenvalue weighted by atomic mass is 10.0. The zero-order chi connectivity index (χ0) is 17.9. The number of benzene rings is 2. The van der Waals surface area contributed by atoms with E-state index in [1.165, 1.54) is 18.2 Å². The molecule has 0 heterocycles. The monoisotopic (exact) mass is 342 g/mol. The van der Waals surface area contributed by atoms with Crippen molar-refractivity contribution in [3.05, 3.63) is 59.9 Å². The summed E-state index contributed by atoms with van der Waals surface area (Å²) < 4.78 is 24.8. The van der Waals surface area contributed by atoms with Crippen LogP contribution < -0.4 is 4.74 Å². The maximum absolute atomic E-state index is 13.7. The van der Waals surface area contributed by atoms with E-state index in [9.17, 15) is 9.18 Å². The zero-order valence-corrected chi connectivity index (χ0v) is 14.4. The van der Waals surface area contributed by atoms with Gasteiger partial charge in [-0.3, -0.25) is 4.79 Å².